The molecule has 0 bridgehead atoms. The number of methoxy groups -OCH3 is 1. The molecule has 1 N–H and O–H groups in total. The van der Waals surface area contributed by atoms with Crippen LogP contribution in [0.1, 0.15) is 40.9 Å². The van der Waals surface area contributed by atoms with Crippen molar-refractivity contribution in [1.82, 2.24) is 5.32 Å². The molecule has 2 rings (SSSR count). The number of nitrogens with one attached hydrogen (secondary N) is 1. The van der Waals surface area contributed by atoms with Gasteiger partial charge in [-0.15, -0.1) is 0 Å². The highest BCUT2D eigenvalue weighted by atomic mass is 19.1. The molecule has 0 fully saturated rings. The van der Waals surface area contributed by atoms with E-state index in [1.54, 1.807) is 0 Å². The number of esters is 1. The molecule has 2 aromatic carbocycles. The molecule has 0 aliphatic heterocycles. The number of aryl methyl sites for hydroxylation is 1. The van der Waals surface area contributed by atoms with Gasteiger partial charge >= 0.3 is 5.97 Å². The van der Waals surface area contributed by atoms with Gasteiger partial charge in [0.25, 0.3) is 5.91 Å². The molecule has 0 aliphatic carbocycles. The topological polar surface area (TPSA) is 64.6 Å². The second kappa shape index (κ2) is 8.99. The number of ether oxygens (including phenoxy) is 2. The van der Waals surface area contributed by atoms with Crippen LogP contribution in [-0.4, -0.2) is 25.6 Å². The van der Waals surface area contributed by atoms with Gasteiger partial charge < -0.3 is 14.8 Å². The Balaban J connectivity index is 1.91. The Morgan fingerprint density at radius 2 is 1.85 bits per heavy atom. The number of hydrogen-bond donors (Lipinski definition) is 1. The molecule has 26 heavy (non-hydrogen) atoms. The predicted molar refractivity (Wildman–Crippen MR) is 95.6 cm³/mol. The molecular weight excluding hydrogens is 337 g/mol. The summed E-state index contributed by atoms with van der Waals surface area (Å²) in [6, 6.07) is 11.4. The van der Waals surface area contributed by atoms with Gasteiger partial charge in [0.15, 0.2) is 18.2 Å². The van der Waals surface area contributed by atoms with Crippen LogP contribution in [0.3, 0.4) is 0 Å². The van der Waals surface area contributed by atoms with E-state index >= 15 is 0 Å². The van der Waals surface area contributed by atoms with Crippen LogP contribution in [0.25, 0.3) is 0 Å². The molecule has 5 nitrogen and oxygen atoms in total. The highest BCUT2D eigenvalue weighted by molar-refractivity contribution is 5.91. The Bertz CT molecular complexity index is 774. The molecule has 1 amide bonds. The van der Waals surface area contributed by atoms with Gasteiger partial charge in [-0.2, -0.15) is 0 Å². The zero-order valence-electron chi connectivity index (χ0n) is 15.0. The van der Waals surface area contributed by atoms with Crippen molar-refractivity contribution in [3.8, 4) is 5.75 Å². The fraction of sp³-hybridized carbons (Fsp3) is 0.300. The highest BCUT2D eigenvalue weighted by Crippen LogP contribution is 2.19. The molecule has 2 aromatic rings. The van der Waals surface area contributed by atoms with Gasteiger partial charge in [-0.05, 0) is 37.1 Å². The number of carbonyl (C=O) groups is 2. The van der Waals surface area contributed by atoms with E-state index < -0.39 is 24.3 Å². The van der Waals surface area contributed by atoms with Crippen molar-refractivity contribution in [2.75, 3.05) is 13.7 Å². The van der Waals surface area contributed by atoms with Crippen molar-refractivity contribution >= 4 is 11.9 Å². The minimum atomic E-state index is -0.773. The lowest BCUT2D eigenvalue weighted by atomic mass is 10.0. The lowest BCUT2D eigenvalue weighted by molar-refractivity contribution is -0.125. The van der Waals surface area contributed by atoms with E-state index in [-0.39, 0.29) is 17.4 Å². The van der Waals surface area contributed by atoms with Gasteiger partial charge in [-0.1, -0.05) is 36.8 Å². The molecule has 0 saturated carbocycles. The quantitative estimate of drug-likeness (QED) is 0.768. The Kier molecular flexibility index (Phi) is 6.72. The van der Waals surface area contributed by atoms with Crippen molar-refractivity contribution in [2.24, 2.45) is 0 Å². The van der Waals surface area contributed by atoms with E-state index in [2.05, 4.69) is 5.32 Å². The summed E-state index contributed by atoms with van der Waals surface area (Å²) < 4.78 is 23.4. The Labute approximate surface area is 152 Å². The van der Waals surface area contributed by atoms with Crippen LogP contribution in [0.4, 0.5) is 4.39 Å². The largest absolute Gasteiger partial charge is 0.494 e. The summed E-state index contributed by atoms with van der Waals surface area (Å²) in [4.78, 5) is 24.0. The third-order valence-electron chi connectivity index (χ3n) is 3.95. The maximum absolute atomic E-state index is 13.6. The number of rotatable bonds is 7. The third-order valence-corrected chi connectivity index (χ3v) is 3.95. The van der Waals surface area contributed by atoms with E-state index in [1.807, 2.05) is 38.1 Å². The first kappa shape index (κ1) is 19.4. The molecule has 0 spiro atoms. The van der Waals surface area contributed by atoms with Gasteiger partial charge in [0.1, 0.15) is 0 Å². The number of benzene rings is 2. The summed E-state index contributed by atoms with van der Waals surface area (Å²) in [5, 5.41) is 2.83. The average Bonchev–Trinajstić information content (AvgIpc) is 2.64. The lowest BCUT2D eigenvalue weighted by Crippen LogP contribution is -2.32. The summed E-state index contributed by atoms with van der Waals surface area (Å²) >= 11 is 0. The van der Waals surface area contributed by atoms with Gasteiger partial charge in [0.2, 0.25) is 0 Å². The van der Waals surface area contributed by atoms with Crippen molar-refractivity contribution in [3.05, 3.63) is 65.0 Å². The van der Waals surface area contributed by atoms with Crippen LogP contribution < -0.4 is 10.1 Å². The number of amides is 1. The third kappa shape index (κ3) is 5.05. The maximum Gasteiger partial charge on any atom is 0.338 e. The number of carbonyl (C=O) groups excluding carboxylic acids is 2. The van der Waals surface area contributed by atoms with Crippen molar-refractivity contribution in [2.45, 2.75) is 26.3 Å². The molecule has 0 unspecified atom stereocenters. The molecule has 0 radical (unpaired) electrons. The van der Waals surface area contributed by atoms with E-state index in [9.17, 15) is 14.0 Å². The lowest BCUT2D eigenvalue weighted by Gasteiger charge is -2.17. The smallest absolute Gasteiger partial charge is 0.338 e. The van der Waals surface area contributed by atoms with E-state index in [0.29, 0.717) is 6.42 Å². The summed E-state index contributed by atoms with van der Waals surface area (Å²) in [6.45, 7) is 3.51. The van der Waals surface area contributed by atoms with E-state index in [1.165, 1.54) is 19.2 Å². The van der Waals surface area contributed by atoms with Crippen LogP contribution in [-0.2, 0) is 9.53 Å². The first-order chi connectivity index (χ1) is 12.4. The second-order valence-electron chi connectivity index (χ2n) is 5.86. The molecule has 0 aromatic heterocycles. The van der Waals surface area contributed by atoms with Crippen LogP contribution in [0.15, 0.2) is 42.5 Å². The average molecular weight is 359 g/mol. The minimum absolute atomic E-state index is 0.0154. The first-order valence-electron chi connectivity index (χ1n) is 8.31. The second-order valence-corrected chi connectivity index (χ2v) is 5.86. The van der Waals surface area contributed by atoms with Crippen LogP contribution >= 0.6 is 0 Å². The predicted octanol–water partition coefficient (Wildman–Crippen LogP) is 3.57. The van der Waals surface area contributed by atoms with E-state index in [0.717, 1.165) is 17.2 Å². The van der Waals surface area contributed by atoms with Crippen LogP contribution in [0, 0.1) is 12.7 Å². The highest BCUT2D eigenvalue weighted by Gasteiger charge is 2.16. The van der Waals surface area contributed by atoms with Crippen molar-refractivity contribution < 1.29 is 23.5 Å². The Hall–Kier alpha value is -2.89. The zero-order chi connectivity index (χ0) is 19.1. The SMILES string of the molecule is CC[C@H](NC(=O)COC(=O)c1ccc(OC)c(F)c1)c1ccc(C)cc1. The van der Waals surface area contributed by atoms with Crippen LogP contribution in [0.5, 0.6) is 5.75 Å². The van der Waals surface area contributed by atoms with Crippen molar-refractivity contribution in [1.29, 1.82) is 0 Å². The monoisotopic (exact) mass is 359 g/mol. The van der Waals surface area contributed by atoms with Gasteiger partial charge in [-0.25, -0.2) is 9.18 Å². The standard InChI is InChI=1S/C20H22FNO4/c1-4-17(14-7-5-13(2)6-8-14)22-19(23)12-26-20(24)15-9-10-18(25-3)16(21)11-15/h5-11,17H,4,12H2,1-3H3,(H,22,23)/t17-/m0/s1. The molecule has 0 heterocycles. The van der Waals surface area contributed by atoms with Gasteiger partial charge in [-0.3, -0.25) is 4.79 Å². The normalized spacial score (nSPS) is 11.5. The van der Waals surface area contributed by atoms with E-state index in [4.69, 9.17) is 9.47 Å². The molecular formula is C20H22FNO4. The van der Waals surface area contributed by atoms with Gasteiger partial charge in [0, 0.05) is 0 Å². The summed E-state index contributed by atoms with van der Waals surface area (Å²) in [5.74, 6) is -1.83. The molecule has 0 aliphatic rings. The molecule has 138 valence electrons. The van der Waals surface area contributed by atoms with Gasteiger partial charge in [0.05, 0.1) is 18.7 Å². The molecule has 1 atom stereocenters. The molecule has 0 saturated heterocycles. The zero-order valence-corrected chi connectivity index (χ0v) is 15.0. The number of hydrogen-bond acceptors (Lipinski definition) is 4. The first-order valence-corrected chi connectivity index (χ1v) is 8.31. The fourth-order valence-corrected chi connectivity index (χ4v) is 2.46. The molecule has 6 heteroatoms. The maximum atomic E-state index is 13.6. The summed E-state index contributed by atoms with van der Waals surface area (Å²) in [7, 11) is 1.33. The van der Waals surface area contributed by atoms with Crippen LogP contribution in [0.2, 0.25) is 0 Å². The fourth-order valence-electron chi connectivity index (χ4n) is 2.46. The minimum Gasteiger partial charge on any atom is -0.494 e. The summed E-state index contributed by atoms with van der Waals surface area (Å²) in [6.07, 6.45) is 0.701. The van der Waals surface area contributed by atoms with Crippen molar-refractivity contribution in [3.63, 3.8) is 0 Å². The number of halogens is 1. The summed E-state index contributed by atoms with van der Waals surface area (Å²) in [5.41, 5.74) is 2.13. The Morgan fingerprint density at radius 1 is 1.15 bits per heavy atom. The Morgan fingerprint density at radius 3 is 2.42 bits per heavy atom.